The van der Waals surface area contributed by atoms with Crippen LogP contribution in [0.25, 0.3) is 0 Å². The molecule has 1 atom stereocenters. The van der Waals surface area contributed by atoms with Gasteiger partial charge in [-0.1, -0.05) is 0 Å². The summed E-state index contributed by atoms with van der Waals surface area (Å²) in [4.78, 5) is 12.9. The molecule has 0 aromatic heterocycles. The fourth-order valence-corrected chi connectivity index (χ4v) is 3.21. The molecule has 1 aliphatic rings. The Morgan fingerprint density at radius 3 is 2.23 bits per heavy atom. The summed E-state index contributed by atoms with van der Waals surface area (Å²) in [6.45, 7) is 1.86. The van der Waals surface area contributed by atoms with Crippen molar-refractivity contribution in [1.82, 2.24) is 0 Å². The van der Waals surface area contributed by atoms with Crippen LogP contribution in [0.1, 0.15) is 34.0 Å². The lowest BCUT2D eigenvalue weighted by atomic mass is 9.93. The third-order valence-corrected chi connectivity index (χ3v) is 4.58. The second-order valence-electron chi connectivity index (χ2n) is 5.95. The number of ketones is 1. The summed E-state index contributed by atoms with van der Waals surface area (Å²) in [5.74, 6) is 2.78. The van der Waals surface area contributed by atoms with E-state index in [0.717, 1.165) is 11.1 Å². The summed E-state index contributed by atoms with van der Waals surface area (Å²) in [7, 11) is 6.26. The quantitative estimate of drug-likeness (QED) is 0.811. The van der Waals surface area contributed by atoms with E-state index < -0.39 is 6.10 Å². The van der Waals surface area contributed by atoms with Crippen LogP contribution < -0.4 is 23.7 Å². The monoisotopic (exact) mass is 358 g/mol. The maximum absolute atomic E-state index is 12.9. The van der Waals surface area contributed by atoms with Gasteiger partial charge in [0.05, 0.1) is 34.9 Å². The third-order valence-electron chi connectivity index (χ3n) is 4.58. The number of ether oxygens (including phenoxy) is 5. The minimum Gasteiger partial charge on any atom is -0.497 e. The zero-order chi connectivity index (χ0) is 18.8. The molecule has 6 nitrogen and oxygen atoms in total. The lowest BCUT2D eigenvalue weighted by Gasteiger charge is -2.29. The summed E-state index contributed by atoms with van der Waals surface area (Å²) in [6, 6.07) is 7.16. The molecule has 1 heterocycles. The largest absolute Gasteiger partial charge is 0.497 e. The first kappa shape index (κ1) is 17.9. The Balaban J connectivity index is 2.09. The molecule has 138 valence electrons. The molecule has 3 rings (SSSR count). The maximum atomic E-state index is 12.9. The Kier molecular flexibility index (Phi) is 4.93. The highest BCUT2D eigenvalue weighted by Crippen LogP contribution is 2.46. The zero-order valence-electron chi connectivity index (χ0n) is 15.5. The number of carbonyl (C=O) groups excluding carboxylic acids is 1. The molecule has 26 heavy (non-hydrogen) atoms. The summed E-state index contributed by atoms with van der Waals surface area (Å²) in [5, 5.41) is 0. The number of hydrogen-bond acceptors (Lipinski definition) is 6. The number of methoxy groups -OCH3 is 4. The normalized spacial score (nSPS) is 15.7. The van der Waals surface area contributed by atoms with Gasteiger partial charge >= 0.3 is 0 Å². The van der Waals surface area contributed by atoms with E-state index in [4.69, 9.17) is 23.7 Å². The SMILES string of the molecule is COc1ccc(C2CC(=O)c3c(OC)cc(OC)c(C)c3O2)c(OC)c1. The van der Waals surface area contributed by atoms with E-state index in [1.807, 2.05) is 19.1 Å². The number of rotatable bonds is 5. The molecule has 0 radical (unpaired) electrons. The minimum atomic E-state index is -0.466. The first-order valence-corrected chi connectivity index (χ1v) is 8.21. The smallest absolute Gasteiger partial charge is 0.174 e. The highest BCUT2D eigenvalue weighted by atomic mass is 16.5. The van der Waals surface area contributed by atoms with Crippen molar-refractivity contribution in [2.24, 2.45) is 0 Å². The Hall–Kier alpha value is -2.89. The standard InChI is InChI=1S/C20H22O6/c1-11-15(23-3)10-18(25-5)19-14(21)9-17(26-20(11)19)13-7-6-12(22-2)8-16(13)24-4/h6-8,10,17H,9H2,1-5H3. The van der Waals surface area contributed by atoms with Crippen molar-refractivity contribution in [3.8, 4) is 28.7 Å². The van der Waals surface area contributed by atoms with Crippen molar-refractivity contribution in [2.75, 3.05) is 28.4 Å². The van der Waals surface area contributed by atoms with Gasteiger partial charge in [-0.25, -0.2) is 0 Å². The maximum Gasteiger partial charge on any atom is 0.174 e. The molecular formula is C20H22O6. The van der Waals surface area contributed by atoms with Gasteiger partial charge in [-0.05, 0) is 19.1 Å². The molecule has 1 aliphatic heterocycles. The minimum absolute atomic E-state index is 0.0447. The number of hydrogen-bond donors (Lipinski definition) is 0. The highest BCUT2D eigenvalue weighted by molar-refractivity contribution is 6.03. The second kappa shape index (κ2) is 7.15. The van der Waals surface area contributed by atoms with E-state index in [1.165, 1.54) is 7.11 Å². The van der Waals surface area contributed by atoms with E-state index in [0.29, 0.717) is 34.3 Å². The summed E-state index contributed by atoms with van der Waals surface area (Å²) in [5.41, 5.74) is 2.00. The summed E-state index contributed by atoms with van der Waals surface area (Å²) in [6.07, 6.45) is -0.274. The number of carbonyl (C=O) groups is 1. The van der Waals surface area contributed by atoms with Gasteiger partial charge < -0.3 is 23.7 Å². The van der Waals surface area contributed by atoms with E-state index in [1.54, 1.807) is 33.5 Å². The lowest BCUT2D eigenvalue weighted by Crippen LogP contribution is -2.22. The number of benzene rings is 2. The lowest BCUT2D eigenvalue weighted by molar-refractivity contribution is 0.0839. The first-order valence-electron chi connectivity index (χ1n) is 8.21. The van der Waals surface area contributed by atoms with E-state index >= 15 is 0 Å². The molecule has 0 bridgehead atoms. The van der Waals surface area contributed by atoms with Crippen molar-refractivity contribution in [3.63, 3.8) is 0 Å². The van der Waals surface area contributed by atoms with Crippen molar-refractivity contribution in [2.45, 2.75) is 19.4 Å². The summed E-state index contributed by atoms with van der Waals surface area (Å²) >= 11 is 0. The summed E-state index contributed by atoms with van der Waals surface area (Å²) < 4.78 is 27.7. The van der Waals surface area contributed by atoms with Crippen LogP contribution in [0.2, 0.25) is 0 Å². The van der Waals surface area contributed by atoms with Crippen LogP contribution in [0.3, 0.4) is 0 Å². The molecule has 0 N–H and O–H groups in total. The van der Waals surface area contributed by atoms with Gasteiger partial charge in [-0.15, -0.1) is 0 Å². The Morgan fingerprint density at radius 1 is 0.923 bits per heavy atom. The fraction of sp³-hybridized carbons (Fsp3) is 0.350. The molecule has 0 fully saturated rings. The highest BCUT2D eigenvalue weighted by Gasteiger charge is 2.34. The first-order chi connectivity index (χ1) is 12.5. The van der Waals surface area contributed by atoms with Crippen LogP contribution in [0.4, 0.5) is 0 Å². The topological polar surface area (TPSA) is 63.2 Å². The average molecular weight is 358 g/mol. The van der Waals surface area contributed by atoms with Gasteiger partial charge in [0.25, 0.3) is 0 Å². The van der Waals surface area contributed by atoms with Gasteiger partial charge in [0.1, 0.15) is 40.4 Å². The van der Waals surface area contributed by atoms with Gasteiger partial charge in [0.15, 0.2) is 5.78 Å². The number of fused-ring (bicyclic) bond motifs is 1. The Bertz CT molecular complexity index is 843. The van der Waals surface area contributed by atoms with Crippen molar-refractivity contribution in [3.05, 3.63) is 41.0 Å². The van der Waals surface area contributed by atoms with Gasteiger partial charge in [-0.2, -0.15) is 0 Å². The van der Waals surface area contributed by atoms with E-state index in [9.17, 15) is 4.79 Å². The predicted molar refractivity (Wildman–Crippen MR) is 96.1 cm³/mol. The van der Waals surface area contributed by atoms with Crippen molar-refractivity contribution < 1.29 is 28.5 Å². The van der Waals surface area contributed by atoms with Crippen LogP contribution in [0.15, 0.2) is 24.3 Å². The van der Waals surface area contributed by atoms with Crippen LogP contribution in [0, 0.1) is 6.92 Å². The Morgan fingerprint density at radius 2 is 1.62 bits per heavy atom. The number of Topliss-reactive ketones (excluding diaryl/α,β-unsaturated/α-hetero) is 1. The molecule has 0 aliphatic carbocycles. The second-order valence-corrected chi connectivity index (χ2v) is 5.95. The fourth-order valence-electron chi connectivity index (χ4n) is 3.21. The Labute approximate surface area is 152 Å². The predicted octanol–water partition coefficient (Wildman–Crippen LogP) is 3.74. The molecule has 0 saturated carbocycles. The van der Waals surface area contributed by atoms with Crippen LogP contribution >= 0.6 is 0 Å². The molecule has 2 aromatic rings. The molecule has 0 saturated heterocycles. The molecule has 0 spiro atoms. The third kappa shape index (κ3) is 2.92. The van der Waals surface area contributed by atoms with Crippen LogP contribution in [-0.2, 0) is 0 Å². The zero-order valence-corrected chi connectivity index (χ0v) is 15.5. The van der Waals surface area contributed by atoms with Crippen molar-refractivity contribution in [1.29, 1.82) is 0 Å². The molecule has 6 heteroatoms. The van der Waals surface area contributed by atoms with E-state index in [2.05, 4.69) is 0 Å². The molecule has 0 amide bonds. The van der Waals surface area contributed by atoms with Crippen LogP contribution in [-0.4, -0.2) is 34.2 Å². The molecule has 2 aromatic carbocycles. The van der Waals surface area contributed by atoms with E-state index in [-0.39, 0.29) is 12.2 Å². The van der Waals surface area contributed by atoms with Gasteiger partial charge in [0.2, 0.25) is 0 Å². The van der Waals surface area contributed by atoms with Crippen LogP contribution in [0.5, 0.6) is 28.7 Å². The molecular weight excluding hydrogens is 336 g/mol. The van der Waals surface area contributed by atoms with Gasteiger partial charge in [0, 0.05) is 23.3 Å². The molecule has 1 unspecified atom stereocenters. The van der Waals surface area contributed by atoms with Crippen molar-refractivity contribution >= 4 is 5.78 Å². The average Bonchev–Trinajstić information content (AvgIpc) is 2.67. The van der Waals surface area contributed by atoms with Gasteiger partial charge in [-0.3, -0.25) is 4.79 Å².